The molecule has 0 amide bonds. The molecule has 0 saturated carbocycles. The van der Waals surface area contributed by atoms with Crippen LogP contribution in [0.4, 0.5) is 0 Å². The Balaban J connectivity index is 2.13. The Morgan fingerprint density at radius 2 is 1.92 bits per heavy atom. The summed E-state index contributed by atoms with van der Waals surface area (Å²) in [5, 5.41) is 0.473. The van der Waals surface area contributed by atoms with Gasteiger partial charge in [-0.1, -0.05) is 0 Å². The molecule has 2 saturated heterocycles. The predicted molar refractivity (Wildman–Crippen MR) is 99.2 cm³/mol. The van der Waals surface area contributed by atoms with E-state index in [1.165, 1.54) is 0 Å². The number of hydrogen-bond donors (Lipinski definition) is 0. The highest BCUT2D eigenvalue weighted by atomic mass is 31.1. The maximum atomic E-state index is 6.50. The maximum Gasteiger partial charge on any atom is 0.169 e. The first-order valence-electron chi connectivity index (χ1n) is 8.80. The van der Waals surface area contributed by atoms with Crippen LogP contribution in [0, 0.1) is 0 Å². The summed E-state index contributed by atoms with van der Waals surface area (Å²) in [5.41, 5.74) is 0. The standard InChI is InChI=1S/C19H29O5P/c1-7-22-19(4)13-17(2)23-11-10-18(3,24-17)25(19)16-9-8-14(20-5)12-15(16)21-6/h8-9,12H,7,10-11,13H2,1-6H3. The minimum atomic E-state index is -0.820. The molecule has 0 spiro atoms. The first kappa shape index (κ1) is 18.9. The van der Waals surface area contributed by atoms with Crippen molar-refractivity contribution in [2.45, 2.75) is 57.0 Å². The minimum absolute atomic E-state index is 0.327. The van der Waals surface area contributed by atoms with Crippen LogP contribution in [-0.4, -0.2) is 43.9 Å². The van der Waals surface area contributed by atoms with Gasteiger partial charge in [0.25, 0.3) is 0 Å². The summed E-state index contributed by atoms with van der Waals surface area (Å²) in [4.78, 5) is 0. The molecule has 1 aromatic rings. The SMILES string of the molecule is CCOC1(C)CC2(C)OCCC(C)(O2)P1c1ccc(OC)cc1OC. The fraction of sp³-hybridized carbons (Fsp3) is 0.684. The van der Waals surface area contributed by atoms with Crippen molar-refractivity contribution < 1.29 is 23.7 Å². The molecule has 2 bridgehead atoms. The van der Waals surface area contributed by atoms with Gasteiger partial charge in [-0.25, -0.2) is 0 Å². The van der Waals surface area contributed by atoms with Crippen molar-refractivity contribution >= 4 is 13.2 Å². The molecule has 3 rings (SSSR count). The topological polar surface area (TPSA) is 46.2 Å². The lowest BCUT2D eigenvalue weighted by atomic mass is 10.1. The molecule has 6 heteroatoms. The zero-order valence-corrected chi connectivity index (χ0v) is 16.9. The van der Waals surface area contributed by atoms with Crippen LogP contribution < -0.4 is 14.8 Å². The van der Waals surface area contributed by atoms with Gasteiger partial charge in [-0.2, -0.15) is 0 Å². The molecule has 25 heavy (non-hydrogen) atoms. The van der Waals surface area contributed by atoms with Gasteiger partial charge >= 0.3 is 0 Å². The van der Waals surface area contributed by atoms with Crippen molar-refractivity contribution in [1.29, 1.82) is 0 Å². The van der Waals surface area contributed by atoms with Crippen molar-refractivity contribution in [2.24, 2.45) is 0 Å². The van der Waals surface area contributed by atoms with E-state index < -0.39 is 13.7 Å². The Kier molecular flexibility index (Phi) is 5.06. The molecule has 2 heterocycles. The van der Waals surface area contributed by atoms with Gasteiger partial charge < -0.3 is 23.7 Å². The fourth-order valence-electron chi connectivity index (χ4n) is 4.33. The second kappa shape index (κ2) is 6.70. The van der Waals surface area contributed by atoms with Gasteiger partial charge in [0.15, 0.2) is 5.79 Å². The van der Waals surface area contributed by atoms with Crippen molar-refractivity contribution in [2.75, 3.05) is 27.4 Å². The van der Waals surface area contributed by atoms with E-state index in [0.717, 1.165) is 23.2 Å². The Labute approximate surface area is 151 Å². The lowest BCUT2D eigenvalue weighted by Crippen LogP contribution is -2.60. The monoisotopic (exact) mass is 368 g/mol. The minimum Gasteiger partial charge on any atom is -0.497 e. The quantitative estimate of drug-likeness (QED) is 0.739. The van der Waals surface area contributed by atoms with Crippen LogP contribution >= 0.6 is 7.92 Å². The normalized spacial score (nSPS) is 37.6. The van der Waals surface area contributed by atoms with Crippen molar-refractivity contribution in [3.63, 3.8) is 0 Å². The third-order valence-corrected chi connectivity index (χ3v) is 8.43. The van der Waals surface area contributed by atoms with E-state index in [2.05, 4.69) is 19.9 Å². The Bertz CT molecular complexity index is 638. The molecule has 2 fully saturated rings. The van der Waals surface area contributed by atoms with Gasteiger partial charge in [0.1, 0.15) is 11.5 Å². The summed E-state index contributed by atoms with van der Waals surface area (Å²) in [7, 11) is 2.55. The van der Waals surface area contributed by atoms with Crippen LogP contribution in [0.25, 0.3) is 0 Å². The van der Waals surface area contributed by atoms with Gasteiger partial charge in [-0.15, -0.1) is 0 Å². The van der Waals surface area contributed by atoms with E-state index in [1.54, 1.807) is 14.2 Å². The number of fused-ring (bicyclic) bond motifs is 2. The summed E-state index contributed by atoms with van der Waals surface area (Å²) in [6.45, 7) is 9.81. The van der Waals surface area contributed by atoms with E-state index in [-0.39, 0.29) is 10.7 Å². The highest BCUT2D eigenvalue weighted by Crippen LogP contribution is 2.70. The van der Waals surface area contributed by atoms with Crippen LogP contribution in [0.3, 0.4) is 0 Å². The third kappa shape index (κ3) is 3.28. The molecule has 5 nitrogen and oxygen atoms in total. The number of ether oxygens (including phenoxy) is 5. The third-order valence-electron chi connectivity index (χ3n) is 5.09. The number of hydrogen-bond acceptors (Lipinski definition) is 5. The molecule has 140 valence electrons. The highest BCUT2D eigenvalue weighted by Gasteiger charge is 2.61. The Morgan fingerprint density at radius 3 is 2.56 bits per heavy atom. The number of benzene rings is 1. The van der Waals surface area contributed by atoms with Crippen LogP contribution in [0.5, 0.6) is 11.5 Å². The summed E-state index contributed by atoms with van der Waals surface area (Å²) in [6, 6.07) is 6.04. The van der Waals surface area contributed by atoms with Crippen LogP contribution in [0.15, 0.2) is 18.2 Å². The summed E-state index contributed by atoms with van der Waals surface area (Å²) in [5.74, 6) is 1.01. The Morgan fingerprint density at radius 1 is 1.16 bits per heavy atom. The second-order valence-corrected chi connectivity index (χ2v) is 10.2. The first-order chi connectivity index (χ1) is 11.8. The average molecular weight is 368 g/mol. The largest absolute Gasteiger partial charge is 0.497 e. The second-order valence-electron chi connectivity index (χ2n) is 7.17. The summed E-state index contributed by atoms with van der Waals surface area (Å²) >= 11 is 0. The van der Waals surface area contributed by atoms with Gasteiger partial charge in [0.05, 0.1) is 31.5 Å². The van der Waals surface area contributed by atoms with E-state index in [0.29, 0.717) is 19.6 Å². The summed E-state index contributed by atoms with van der Waals surface area (Å²) < 4.78 is 29.9. The average Bonchev–Trinajstić information content (AvgIpc) is 2.53. The van der Waals surface area contributed by atoms with E-state index >= 15 is 0 Å². The maximum absolute atomic E-state index is 6.50. The van der Waals surface area contributed by atoms with Crippen LogP contribution in [-0.2, 0) is 14.2 Å². The van der Waals surface area contributed by atoms with Crippen LogP contribution in [0.1, 0.15) is 40.5 Å². The lowest BCUT2D eigenvalue weighted by molar-refractivity contribution is -0.315. The zero-order chi connectivity index (χ0) is 18.3. The first-order valence-corrected chi connectivity index (χ1v) is 10.1. The lowest BCUT2D eigenvalue weighted by Gasteiger charge is -2.60. The van der Waals surface area contributed by atoms with Crippen molar-refractivity contribution in [3.05, 3.63) is 18.2 Å². The van der Waals surface area contributed by atoms with E-state index in [1.807, 2.05) is 26.0 Å². The molecule has 4 atom stereocenters. The Hall–Kier alpha value is -0.870. The van der Waals surface area contributed by atoms with E-state index in [9.17, 15) is 0 Å². The van der Waals surface area contributed by atoms with Gasteiger partial charge in [0.2, 0.25) is 0 Å². The molecule has 0 aromatic heterocycles. The predicted octanol–water partition coefficient (Wildman–Crippen LogP) is 3.84. The molecule has 2 aliphatic heterocycles. The van der Waals surface area contributed by atoms with Gasteiger partial charge in [-0.3, -0.25) is 0 Å². The zero-order valence-electron chi connectivity index (χ0n) is 16.0. The molecule has 0 aliphatic carbocycles. The molecular formula is C19H29O5P. The van der Waals surface area contributed by atoms with Crippen LogP contribution in [0.2, 0.25) is 0 Å². The van der Waals surface area contributed by atoms with E-state index in [4.69, 9.17) is 23.7 Å². The van der Waals surface area contributed by atoms with Gasteiger partial charge in [-0.05, 0) is 47.7 Å². The smallest absolute Gasteiger partial charge is 0.169 e. The molecule has 1 aromatic carbocycles. The van der Waals surface area contributed by atoms with Gasteiger partial charge in [0, 0.05) is 30.8 Å². The fourth-order valence-corrected chi connectivity index (χ4v) is 8.25. The molecule has 4 unspecified atom stereocenters. The molecule has 0 N–H and O–H groups in total. The highest BCUT2D eigenvalue weighted by molar-refractivity contribution is 7.68. The van der Waals surface area contributed by atoms with Crippen molar-refractivity contribution in [1.82, 2.24) is 0 Å². The summed E-state index contributed by atoms with van der Waals surface area (Å²) in [6.07, 6.45) is 1.54. The molecular weight excluding hydrogens is 339 g/mol. The number of rotatable bonds is 5. The van der Waals surface area contributed by atoms with Crippen molar-refractivity contribution in [3.8, 4) is 11.5 Å². The number of methoxy groups -OCH3 is 2. The molecule has 2 aliphatic rings. The molecule has 0 radical (unpaired) electrons.